The number of hydrogen-bond donors (Lipinski definition) is 3. The number of H-pyrrole nitrogens is 1. The first kappa shape index (κ1) is 15.0. The summed E-state index contributed by atoms with van der Waals surface area (Å²) in [5.74, 6) is 0.0621. The fourth-order valence-corrected chi connectivity index (χ4v) is 2.84. The summed E-state index contributed by atoms with van der Waals surface area (Å²) in [6, 6.07) is 18.9. The lowest BCUT2D eigenvalue weighted by molar-refractivity contribution is 0.457. The van der Waals surface area contributed by atoms with Crippen molar-refractivity contribution in [2.24, 2.45) is 4.99 Å². The molecular formula is C20H16N4O. The predicted molar refractivity (Wildman–Crippen MR) is 100 cm³/mol. The molecule has 0 spiro atoms. The maximum Gasteiger partial charge on any atom is 0.199 e. The van der Waals surface area contributed by atoms with Gasteiger partial charge in [0.1, 0.15) is 0 Å². The first-order valence-electron chi connectivity index (χ1n) is 7.87. The van der Waals surface area contributed by atoms with E-state index in [9.17, 15) is 5.11 Å². The smallest absolute Gasteiger partial charge is 0.199 e. The average Bonchev–Trinajstić information content (AvgIpc) is 2.96. The molecule has 25 heavy (non-hydrogen) atoms. The van der Waals surface area contributed by atoms with Crippen LogP contribution in [0.1, 0.15) is 11.1 Å². The van der Waals surface area contributed by atoms with Gasteiger partial charge in [-0.15, -0.1) is 0 Å². The van der Waals surface area contributed by atoms with Crippen LogP contribution in [0.4, 0.5) is 11.4 Å². The molecule has 0 saturated carbocycles. The zero-order valence-corrected chi connectivity index (χ0v) is 13.3. The number of aliphatic imine (C=N–C) groups is 1. The van der Waals surface area contributed by atoms with Crippen molar-refractivity contribution in [3.05, 3.63) is 84.2 Å². The quantitative estimate of drug-likeness (QED) is 0.392. The van der Waals surface area contributed by atoms with Gasteiger partial charge in [0, 0.05) is 28.4 Å². The van der Waals surface area contributed by atoms with Crippen LogP contribution < -0.4 is 5.73 Å². The first-order chi connectivity index (χ1) is 12.2. The molecule has 0 aliphatic carbocycles. The van der Waals surface area contributed by atoms with Crippen LogP contribution in [0.25, 0.3) is 10.9 Å². The van der Waals surface area contributed by atoms with Gasteiger partial charge in [0.15, 0.2) is 5.88 Å². The van der Waals surface area contributed by atoms with Crippen molar-refractivity contribution in [1.82, 2.24) is 9.97 Å². The van der Waals surface area contributed by atoms with E-state index in [4.69, 9.17) is 10.7 Å². The molecule has 0 aliphatic heterocycles. The predicted octanol–water partition coefficient (Wildman–Crippen LogP) is 4.02. The molecule has 5 nitrogen and oxygen atoms in total. The van der Waals surface area contributed by atoms with Gasteiger partial charge in [-0.3, -0.25) is 4.98 Å². The molecule has 0 amide bonds. The fourth-order valence-electron chi connectivity index (χ4n) is 2.84. The van der Waals surface area contributed by atoms with Gasteiger partial charge in [0.25, 0.3) is 0 Å². The number of nitrogens with two attached hydrogens (primary N) is 1. The lowest BCUT2D eigenvalue weighted by atomic mass is 10.0. The van der Waals surface area contributed by atoms with E-state index in [1.807, 2.05) is 54.6 Å². The summed E-state index contributed by atoms with van der Waals surface area (Å²) in [4.78, 5) is 11.9. The first-order valence-corrected chi connectivity index (χ1v) is 7.87. The van der Waals surface area contributed by atoms with Crippen LogP contribution in [-0.4, -0.2) is 20.8 Å². The summed E-state index contributed by atoms with van der Waals surface area (Å²) in [6.45, 7) is 0. The molecule has 0 unspecified atom stereocenters. The topological polar surface area (TPSA) is 87.3 Å². The van der Waals surface area contributed by atoms with Crippen LogP contribution in [0.3, 0.4) is 0 Å². The summed E-state index contributed by atoms with van der Waals surface area (Å²) in [6.07, 6.45) is 3.38. The maximum absolute atomic E-state index is 10.5. The number of pyridine rings is 1. The van der Waals surface area contributed by atoms with Gasteiger partial charge in [-0.05, 0) is 30.3 Å². The lowest BCUT2D eigenvalue weighted by Crippen LogP contribution is -2.03. The van der Waals surface area contributed by atoms with Gasteiger partial charge >= 0.3 is 0 Å². The Hall–Kier alpha value is -3.60. The van der Waals surface area contributed by atoms with Gasteiger partial charge < -0.3 is 15.8 Å². The molecule has 0 saturated heterocycles. The molecule has 0 aliphatic rings. The number of hydrogen-bond acceptors (Lipinski definition) is 4. The third kappa shape index (κ3) is 2.83. The number of nitrogens with zero attached hydrogens (tertiary/aromatic N) is 2. The summed E-state index contributed by atoms with van der Waals surface area (Å²) >= 11 is 0. The fraction of sp³-hybridized carbons (Fsp3) is 0. The Bertz CT molecular complexity index is 1050. The van der Waals surface area contributed by atoms with Gasteiger partial charge in [-0.2, -0.15) is 0 Å². The molecular weight excluding hydrogens is 312 g/mol. The SMILES string of the molecule is Nc1ccc2[nH]c(O)c(C(=Nc3cccnc3)c3ccccc3)c2c1. The van der Waals surface area contributed by atoms with Crippen LogP contribution in [0, 0.1) is 0 Å². The molecule has 0 atom stereocenters. The number of benzene rings is 2. The highest BCUT2D eigenvalue weighted by Gasteiger charge is 2.18. The van der Waals surface area contributed by atoms with Crippen molar-refractivity contribution in [2.75, 3.05) is 5.73 Å². The van der Waals surface area contributed by atoms with E-state index in [0.717, 1.165) is 16.5 Å². The normalized spacial score (nSPS) is 11.8. The van der Waals surface area contributed by atoms with E-state index in [-0.39, 0.29) is 5.88 Å². The molecule has 4 aromatic rings. The van der Waals surface area contributed by atoms with Crippen molar-refractivity contribution in [3.8, 4) is 5.88 Å². The summed E-state index contributed by atoms with van der Waals surface area (Å²) in [5.41, 5.74) is 10.3. The van der Waals surface area contributed by atoms with E-state index < -0.39 is 0 Å². The lowest BCUT2D eigenvalue weighted by Gasteiger charge is -2.08. The third-order valence-corrected chi connectivity index (χ3v) is 3.97. The van der Waals surface area contributed by atoms with Crippen LogP contribution >= 0.6 is 0 Å². The van der Waals surface area contributed by atoms with Gasteiger partial charge in [-0.1, -0.05) is 30.3 Å². The van der Waals surface area contributed by atoms with Crippen LogP contribution in [-0.2, 0) is 0 Å². The second-order valence-electron chi connectivity index (χ2n) is 5.69. The molecule has 0 bridgehead atoms. The Balaban J connectivity index is 2.01. The van der Waals surface area contributed by atoms with Crippen LogP contribution in [0.2, 0.25) is 0 Å². The minimum absolute atomic E-state index is 0.0621. The molecule has 2 heterocycles. The number of nitrogens with one attached hydrogen (secondary N) is 1. The van der Waals surface area contributed by atoms with E-state index in [0.29, 0.717) is 22.6 Å². The van der Waals surface area contributed by atoms with Crippen molar-refractivity contribution in [1.29, 1.82) is 0 Å². The van der Waals surface area contributed by atoms with Crippen LogP contribution in [0.15, 0.2) is 78.0 Å². The number of aromatic hydroxyl groups is 1. The van der Waals surface area contributed by atoms with Crippen molar-refractivity contribution in [3.63, 3.8) is 0 Å². The van der Waals surface area contributed by atoms with Gasteiger partial charge in [0.05, 0.1) is 23.2 Å². The minimum Gasteiger partial charge on any atom is -0.494 e. The van der Waals surface area contributed by atoms with E-state index in [2.05, 4.69) is 9.97 Å². The molecule has 4 N–H and O–H groups in total. The van der Waals surface area contributed by atoms with E-state index in [1.54, 1.807) is 18.5 Å². The zero-order chi connectivity index (χ0) is 17.2. The average molecular weight is 328 g/mol. The summed E-state index contributed by atoms with van der Waals surface area (Å²) in [5, 5.41) is 11.4. The largest absolute Gasteiger partial charge is 0.494 e. The zero-order valence-electron chi connectivity index (χ0n) is 13.3. The standard InChI is InChI=1S/C20H16N4O/c21-14-8-9-17-16(11-14)18(20(25)24-17)19(13-5-2-1-3-6-13)23-15-7-4-10-22-12-15/h1-12,24-25H,21H2. The molecule has 2 aromatic heterocycles. The van der Waals surface area contributed by atoms with Crippen molar-refractivity contribution in [2.45, 2.75) is 0 Å². The monoisotopic (exact) mass is 328 g/mol. The molecule has 2 aromatic carbocycles. The molecule has 0 fully saturated rings. The Morgan fingerprint density at radius 1 is 1.04 bits per heavy atom. The highest BCUT2D eigenvalue weighted by Crippen LogP contribution is 2.32. The second kappa shape index (κ2) is 6.13. The highest BCUT2D eigenvalue weighted by molar-refractivity contribution is 6.22. The number of rotatable bonds is 3. The molecule has 0 radical (unpaired) electrons. The minimum atomic E-state index is 0.0621. The number of anilines is 1. The second-order valence-corrected chi connectivity index (χ2v) is 5.69. The Morgan fingerprint density at radius 3 is 2.64 bits per heavy atom. The third-order valence-electron chi connectivity index (χ3n) is 3.97. The Morgan fingerprint density at radius 2 is 1.88 bits per heavy atom. The number of aromatic amines is 1. The number of nitrogen functional groups attached to an aromatic ring is 1. The Labute approximate surface area is 144 Å². The highest BCUT2D eigenvalue weighted by atomic mass is 16.3. The van der Waals surface area contributed by atoms with Crippen molar-refractivity contribution < 1.29 is 5.11 Å². The molecule has 4 rings (SSSR count). The van der Waals surface area contributed by atoms with Crippen LogP contribution in [0.5, 0.6) is 5.88 Å². The van der Waals surface area contributed by atoms with Crippen molar-refractivity contribution >= 4 is 28.0 Å². The van der Waals surface area contributed by atoms with E-state index >= 15 is 0 Å². The molecule has 122 valence electrons. The van der Waals surface area contributed by atoms with E-state index in [1.165, 1.54) is 0 Å². The number of fused-ring (bicyclic) bond motifs is 1. The molecule has 5 heteroatoms. The maximum atomic E-state index is 10.5. The van der Waals surface area contributed by atoms with Gasteiger partial charge in [0.2, 0.25) is 0 Å². The number of aromatic nitrogens is 2. The summed E-state index contributed by atoms with van der Waals surface area (Å²) in [7, 11) is 0. The van der Waals surface area contributed by atoms with Gasteiger partial charge in [-0.25, -0.2) is 4.99 Å². The Kier molecular flexibility index (Phi) is 3.67. The summed E-state index contributed by atoms with van der Waals surface area (Å²) < 4.78 is 0.